The number of carbonyl (C=O) groups is 1. The monoisotopic (exact) mass is 281 g/mol. The summed E-state index contributed by atoms with van der Waals surface area (Å²) in [6.07, 6.45) is 4.64. The van der Waals surface area contributed by atoms with Crippen molar-refractivity contribution in [3.8, 4) is 11.9 Å². The van der Waals surface area contributed by atoms with E-state index >= 15 is 0 Å². The van der Waals surface area contributed by atoms with Crippen LogP contribution in [0.5, 0.6) is 0 Å². The Kier molecular flexibility index (Phi) is 3.18. The molecule has 0 fully saturated rings. The number of carbonyl (C=O) groups excluding carboxylic acids is 1. The van der Waals surface area contributed by atoms with Crippen LogP contribution in [0, 0.1) is 11.3 Å². The molecule has 0 aliphatic heterocycles. The number of pyridine rings is 1. The largest absolute Gasteiger partial charge is 0.343 e. The minimum atomic E-state index is -0.173. The maximum absolute atomic E-state index is 11.9. The highest BCUT2D eigenvalue weighted by molar-refractivity contribution is 5.91. The molecule has 2 aromatic rings. The Balaban J connectivity index is 2.05. The predicted molar refractivity (Wildman–Crippen MR) is 76.1 cm³/mol. The molecule has 21 heavy (non-hydrogen) atoms. The fraction of sp³-hybridized carbons (Fsp3) is 0.333. The lowest BCUT2D eigenvalue weighted by atomic mass is 10.1. The van der Waals surface area contributed by atoms with Crippen molar-refractivity contribution >= 4 is 5.91 Å². The smallest absolute Gasteiger partial charge is 0.273 e. The van der Waals surface area contributed by atoms with E-state index in [0.717, 1.165) is 30.5 Å². The van der Waals surface area contributed by atoms with Crippen LogP contribution in [0.25, 0.3) is 5.82 Å². The Morgan fingerprint density at radius 1 is 1.43 bits per heavy atom. The van der Waals surface area contributed by atoms with E-state index < -0.39 is 0 Å². The molecule has 1 aliphatic rings. The van der Waals surface area contributed by atoms with E-state index in [2.05, 4.69) is 16.2 Å². The maximum Gasteiger partial charge on any atom is 0.273 e. The van der Waals surface area contributed by atoms with Gasteiger partial charge in [-0.2, -0.15) is 10.4 Å². The highest BCUT2D eigenvalue weighted by Crippen LogP contribution is 2.24. The number of hydrogen-bond acceptors (Lipinski definition) is 4. The van der Waals surface area contributed by atoms with Gasteiger partial charge in [0, 0.05) is 26.0 Å². The number of amides is 1. The first-order valence-corrected chi connectivity index (χ1v) is 6.80. The molecule has 6 heteroatoms. The second-order valence-corrected chi connectivity index (χ2v) is 5.28. The Bertz CT molecular complexity index is 754. The quantitative estimate of drug-likeness (QED) is 0.832. The Morgan fingerprint density at radius 2 is 2.24 bits per heavy atom. The Hall–Kier alpha value is -2.68. The fourth-order valence-corrected chi connectivity index (χ4v) is 2.50. The third-order valence-corrected chi connectivity index (χ3v) is 3.58. The van der Waals surface area contributed by atoms with Crippen molar-refractivity contribution in [1.82, 2.24) is 19.7 Å². The molecule has 1 amide bonds. The summed E-state index contributed by atoms with van der Waals surface area (Å²) in [7, 11) is 3.35. The topological polar surface area (TPSA) is 74.8 Å². The van der Waals surface area contributed by atoms with Crippen molar-refractivity contribution in [2.45, 2.75) is 19.3 Å². The summed E-state index contributed by atoms with van der Waals surface area (Å²) in [6, 6.07) is 5.69. The van der Waals surface area contributed by atoms with E-state index in [1.165, 1.54) is 9.58 Å². The molecule has 0 atom stereocenters. The summed E-state index contributed by atoms with van der Waals surface area (Å²) in [5.74, 6) is 0.323. The number of aryl methyl sites for hydroxylation is 2. The second kappa shape index (κ2) is 5.02. The van der Waals surface area contributed by atoms with Crippen molar-refractivity contribution in [1.29, 1.82) is 5.26 Å². The van der Waals surface area contributed by atoms with Crippen LogP contribution >= 0.6 is 0 Å². The summed E-state index contributed by atoms with van der Waals surface area (Å²) < 4.78 is 1.51. The van der Waals surface area contributed by atoms with Crippen LogP contribution in [0.1, 0.15) is 33.7 Å². The van der Waals surface area contributed by atoms with Gasteiger partial charge in [-0.05, 0) is 37.0 Å². The molecular formula is C15H15N5O. The Morgan fingerprint density at radius 3 is 2.95 bits per heavy atom. The van der Waals surface area contributed by atoms with Crippen LogP contribution in [0.2, 0.25) is 0 Å². The summed E-state index contributed by atoms with van der Waals surface area (Å²) >= 11 is 0. The van der Waals surface area contributed by atoms with Crippen LogP contribution in [0.15, 0.2) is 18.3 Å². The first-order valence-electron chi connectivity index (χ1n) is 6.80. The van der Waals surface area contributed by atoms with Crippen LogP contribution in [-0.2, 0) is 12.8 Å². The lowest BCUT2D eigenvalue weighted by molar-refractivity contribution is 0.0821. The molecule has 0 unspecified atom stereocenters. The summed E-state index contributed by atoms with van der Waals surface area (Å²) in [5.41, 5.74) is 3.00. The van der Waals surface area contributed by atoms with Gasteiger partial charge in [0.2, 0.25) is 0 Å². The van der Waals surface area contributed by atoms with E-state index in [4.69, 9.17) is 0 Å². The minimum absolute atomic E-state index is 0.173. The van der Waals surface area contributed by atoms with Crippen LogP contribution in [0.3, 0.4) is 0 Å². The molecule has 0 spiro atoms. The average molecular weight is 281 g/mol. The fourth-order valence-electron chi connectivity index (χ4n) is 2.50. The van der Waals surface area contributed by atoms with Gasteiger partial charge in [-0.25, -0.2) is 9.67 Å². The SMILES string of the molecule is CN(C)C(=O)c1ccn(-c2nc3c(cc2C#N)CCC3)n1. The van der Waals surface area contributed by atoms with Gasteiger partial charge in [0.1, 0.15) is 6.07 Å². The zero-order valence-electron chi connectivity index (χ0n) is 12.0. The molecular weight excluding hydrogens is 266 g/mol. The van der Waals surface area contributed by atoms with Crippen molar-refractivity contribution in [3.63, 3.8) is 0 Å². The van der Waals surface area contributed by atoms with Crippen molar-refractivity contribution < 1.29 is 4.79 Å². The minimum Gasteiger partial charge on any atom is -0.343 e. The third-order valence-electron chi connectivity index (χ3n) is 3.58. The zero-order chi connectivity index (χ0) is 15.0. The molecule has 2 aromatic heterocycles. The number of hydrogen-bond donors (Lipinski definition) is 0. The number of rotatable bonds is 2. The van der Waals surface area contributed by atoms with Gasteiger partial charge in [-0.3, -0.25) is 4.79 Å². The van der Waals surface area contributed by atoms with E-state index in [9.17, 15) is 10.1 Å². The van der Waals surface area contributed by atoms with E-state index in [0.29, 0.717) is 17.1 Å². The van der Waals surface area contributed by atoms with Crippen LogP contribution in [0.4, 0.5) is 0 Å². The van der Waals surface area contributed by atoms with Gasteiger partial charge >= 0.3 is 0 Å². The lowest BCUT2D eigenvalue weighted by Crippen LogP contribution is -2.22. The van der Waals surface area contributed by atoms with Gasteiger partial charge < -0.3 is 4.90 Å². The number of nitriles is 1. The molecule has 0 saturated heterocycles. The molecule has 0 radical (unpaired) electrons. The zero-order valence-corrected chi connectivity index (χ0v) is 12.0. The second-order valence-electron chi connectivity index (χ2n) is 5.28. The maximum atomic E-state index is 11.9. The standard InChI is InChI=1S/C15H15N5O/c1-19(2)15(21)13-6-7-20(18-13)14-11(9-16)8-10-4-3-5-12(10)17-14/h6-8H,3-5H2,1-2H3. The van der Waals surface area contributed by atoms with Gasteiger partial charge in [0.05, 0.1) is 5.56 Å². The van der Waals surface area contributed by atoms with Crippen molar-refractivity contribution in [2.24, 2.45) is 0 Å². The first kappa shape index (κ1) is 13.3. The Labute approximate surface area is 122 Å². The van der Waals surface area contributed by atoms with Gasteiger partial charge in [0.25, 0.3) is 5.91 Å². The van der Waals surface area contributed by atoms with Crippen molar-refractivity contribution in [2.75, 3.05) is 14.1 Å². The summed E-state index contributed by atoms with van der Waals surface area (Å²) in [4.78, 5) is 17.9. The van der Waals surface area contributed by atoms with Crippen LogP contribution in [-0.4, -0.2) is 39.7 Å². The molecule has 106 valence electrons. The lowest BCUT2D eigenvalue weighted by Gasteiger charge is -2.08. The molecule has 0 N–H and O–H groups in total. The molecule has 0 aromatic carbocycles. The van der Waals surface area contributed by atoms with Gasteiger partial charge in [0.15, 0.2) is 11.5 Å². The third kappa shape index (κ3) is 2.27. The van der Waals surface area contributed by atoms with Crippen LogP contribution < -0.4 is 0 Å². The predicted octanol–water partition coefficient (Wildman–Crippen LogP) is 1.33. The highest BCUT2D eigenvalue weighted by atomic mass is 16.2. The molecule has 0 saturated carbocycles. The van der Waals surface area contributed by atoms with Gasteiger partial charge in [-0.1, -0.05) is 0 Å². The van der Waals surface area contributed by atoms with E-state index in [-0.39, 0.29) is 5.91 Å². The molecule has 0 bridgehead atoms. The van der Waals surface area contributed by atoms with E-state index in [1.54, 1.807) is 26.4 Å². The molecule has 1 aliphatic carbocycles. The van der Waals surface area contributed by atoms with E-state index in [1.807, 2.05) is 6.07 Å². The first-order chi connectivity index (χ1) is 10.1. The number of nitrogens with zero attached hydrogens (tertiary/aromatic N) is 5. The molecule has 6 nitrogen and oxygen atoms in total. The van der Waals surface area contributed by atoms with Gasteiger partial charge in [-0.15, -0.1) is 0 Å². The molecule has 3 rings (SSSR count). The summed E-state index contributed by atoms with van der Waals surface area (Å²) in [5, 5.41) is 13.6. The summed E-state index contributed by atoms with van der Waals surface area (Å²) in [6.45, 7) is 0. The average Bonchev–Trinajstić information content (AvgIpc) is 3.13. The number of fused-ring (bicyclic) bond motifs is 1. The normalized spacial score (nSPS) is 12.8. The highest BCUT2D eigenvalue weighted by Gasteiger charge is 2.19. The molecule has 2 heterocycles. The van der Waals surface area contributed by atoms with Crippen molar-refractivity contribution in [3.05, 3.63) is 40.8 Å². The number of aromatic nitrogens is 3.